The number of carbonyl (C=O) groups is 1. The molecule has 0 aliphatic rings. The van der Waals surface area contributed by atoms with Crippen molar-refractivity contribution < 1.29 is 4.79 Å². The van der Waals surface area contributed by atoms with Gasteiger partial charge in [0.05, 0.1) is 5.69 Å². The quantitative estimate of drug-likeness (QED) is 0.764. The summed E-state index contributed by atoms with van der Waals surface area (Å²) in [5.41, 5.74) is 4.22. The Balaban J connectivity index is 2.06. The number of amides is 1. The summed E-state index contributed by atoms with van der Waals surface area (Å²) in [6.45, 7) is 8.12. The summed E-state index contributed by atoms with van der Waals surface area (Å²) in [4.78, 5) is 12.8. The maximum Gasteiger partial charge on any atom is 0.251 e. The van der Waals surface area contributed by atoms with E-state index in [-0.39, 0.29) is 11.4 Å². The molecular formula is C20H23N5O. The fraction of sp³-hybridized carbons (Fsp3) is 0.300. The first-order chi connectivity index (χ1) is 12.4. The maximum absolute atomic E-state index is 12.8. The Morgan fingerprint density at radius 2 is 1.85 bits per heavy atom. The Labute approximate surface area is 153 Å². The van der Waals surface area contributed by atoms with Crippen molar-refractivity contribution in [1.29, 1.82) is 0 Å². The van der Waals surface area contributed by atoms with Crippen molar-refractivity contribution in [2.24, 2.45) is 0 Å². The van der Waals surface area contributed by atoms with E-state index < -0.39 is 0 Å². The van der Waals surface area contributed by atoms with Crippen molar-refractivity contribution in [3.05, 3.63) is 59.9 Å². The molecule has 134 valence electrons. The summed E-state index contributed by atoms with van der Waals surface area (Å²) in [5, 5.41) is 14.4. The van der Waals surface area contributed by atoms with Gasteiger partial charge in [0.25, 0.3) is 5.91 Å². The Morgan fingerprint density at radius 3 is 2.46 bits per heavy atom. The third-order valence-electron chi connectivity index (χ3n) is 4.51. The summed E-state index contributed by atoms with van der Waals surface area (Å²) in [6, 6.07) is 13.9. The molecular weight excluding hydrogens is 326 g/mol. The van der Waals surface area contributed by atoms with Crippen LogP contribution in [0.2, 0.25) is 0 Å². The number of benzene rings is 2. The lowest BCUT2D eigenvalue weighted by atomic mass is 9.98. The van der Waals surface area contributed by atoms with Gasteiger partial charge in [0, 0.05) is 11.1 Å². The van der Waals surface area contributed by atoms with E-state index in [0.29, 0.717) is 5.56 Å². The molecule has 0 unspecified atom stereocenters. The number of nitrogens with zero attached hydrogens (tertiary/aromatic N) is 4. The number of carbonyl (C=O) groups excluding carboxylic acids is 1. The number of rotatable bonds is 5. The second-order valence-corrected chi connectivity index (χ2v) is 7.08. The Kier molecular flexibility index (Phi) is 4.84. The fourth-order valence-corrected chi connectivity index (χ4v) is 2.53. The Morgan fingerprint density at radius 1 is 1.12 bits per heavy atom. The zero-order valence-electron chi connectivity index (χ0n) is 15.5. The first-order valence-corrected chi connectivity index (χ1v) is 8.66. The molecule has 0 spiro atoms. The van der Waals surface area contributed by atoms with Gasteiger partial charge in [-0.1, -0.05) is 36.8 Å². The van der Waals surface area contributed by atoms with Gasteiger partial charge in [-0.15, -0.1) is 5.10 Å². The van der Waals surface area contributed by atoms with Crippen LogP contribution >= 0.6 is 0 Å². The molecule has 0 saturated carbocycles. The number of tetrazole rings is 1. The van der Waals surface area contributed by atoms with Crippen molar-refractivity contribution in [2.45, 2.75) is 39.7 Å². The summed E-state index contributed by atoms with van der Waals surface area (Å²) in [6.07, 6.45) is 2.36. The van der Waals surface area contributed by atoms with Crippen molar-refractivity contribution in [2.75, 3.05) is 0 Å². The van der Waals surface area contributed by atoms with E-state index in [0.717, 1.165) is 23.2 Å². The van der Waals surface area contributed by atoms with E-state index in [1.807, 2.05) is 45.0 Å². The number of aryl methyl sites for hydroxylation is 1. The molecule has 1 heterocycles. The zero-order chi connectivity index (χ0) is 18.7. The molecule has 0 aliphatic heterocycles. The molecule has 3 aromatic rings. The maximum atomic E-state index is 12.8. The standard InChI is InChI=1S/C20H23N5O/c1-5-20(3,4)22-19(26)17-10-16(15-8-6-14(2)7-9-15)11-18(12-17)25-13-21-23-24-25/h6-13H,5H2,1-4H3,(H,22,26). The van der Waals surface area contributed by atoms with Gasteiger partial charge in [-0.25, -0.2) is 4.68 Å². The molecule has 2 aromatic carbocycles. The van der Waals surface area contributed by atoms with E-state index in [4.69, 9.17) is 0 Å². The molecule has 0 atom stereocenters. The molecule has 3 rings (SSSR count). The molecule has 6 nitrogen and oxygen atoms in total. The predicted octanol–water partition coefficient (Wildman–Crippen LogP) is 3.56. The lowest BCUT2D eigenvalue weighted by Gasteiger charge is -2.24. The van der Waals surface area contributed by atoms with Gasteiger partial charge in [0.1, 0.15) is 6.33 Å². The van der Waals surface area contributed by atoms with Crippen LogP contribution in [-0.2, 0) is 0 Å². The van der Waals surface area contributed by atoms with Crippen LogP contribution < -0.4 is 5.32 Å². The van der Waals surface area contributed by atoms with Crippen LogP contribution in [0, 0.1) is 6.92 Å². The minimum Gasteiger partial charge on any atom is -0.347 e. The first kappa shape index (κ1) is 17.8. The second-order valence-electron chi connectivity index (χ2n) is 7.08. The van der Waals surface area contributed by atoms with Crippen LogP contribution in [0.4, 0.5) is 0 Å². The van der Waals surface area contributed by atoms with E-state index >= 15 is 0 Å². The van der Waals surface area contributed by atoms with Crippen molar-refractivity contribution in [3.63, 3.8) is 0 Å². The van der Waals surface area contributed by atoms with Gasteiger partial charge in [0.15, 0.2) is 0 Å². The van der Waals surface area contributed by atoms with E-state index in [9.17, 15) is 4.79 Å². The summed E-state index contributed by atoms with van der Waals surface area (Å²) < 4.78 is 1.55. The van der Waals surface area contributed by atoms with Crippen LogP contribution in [-0.4, -0.2) is 31.7 Å². The molecule has 0 radical (unpaired) electrons. The number of hydrogen-bond acceptors (Lipinski definition) is 4. The van der Waals surface area contributed by atoms with E-state index in [2.05, 4.69) is 39.9 Å². The van der Waals surface area contributed by atoms with Gasteiger partial charge in [-0.2, -0.15) is 0 Å². The van der Waals surface area contributed by atoms with Crippen molar-refractivity contribution >= 4 is 5.91 Å². The largest absolute Gasteiger partial charge is 0.347 e. The summed E-state index contributed by atoms with van der Waals surface area (Å²) in [5.74, 6) is -0.111. The average Bonchev–Trinajstić information content (AvgIpc) is 3.16. The van der Waals surface area contributed by atoms with E-state index in [1.165, 1.54) is 11.9 Å². The van der Waals surface area contributed by atoms with Crippen LogP contribution in [0.15, 0.2) is 48.8 Å². The zero-order valence-corrected chi connectivity index (χ0v) is 15.5. The van der Waals surface area contributed by atoms with Crippen molar-refractivity contribution in [1.82, 2.24) is 25.5 Å². The molecule has 0 fully saturated rings. The Hall–Kier alpha value is -3.02. The number of hydrogen-bond donors (Lipinski definition) is 1. The van der Waals surface area contributed by atoms with Gasteiger partial charge < -0.3 is 5.32 Å². The SMILES string of the molecule is CCC(C)(C)NC(=O)c1cc(-c2ccc(C)cc2)cc(-n2cnnn2)c1. The van der Waals surface area contributed by atoms with Crippen LogP contribution in [0.5, 0.6) is 0 Å². The lowest BCUT2D eigenvalue weighted by molar-refractivity contribution is 0.0911. The van der Waals surface area contributed by atoms with E-state index in [1.54, 1.807) is 10.7 Å². The van der Waals surface area contributed by atoms with Crippen LogP contribution in [0.25, 0.3) is 16.8 Å². The molecule has 0 aliphatic carbocycles. The monoisotopic (exact) mass is 349 g/mol. The smallest absolute Gasteiger partial charge is 0.251 e. The van der Waals surface area contributed by atoms with Gasteiger partial charge in [-0.3, -0.25) is 4.79 Å². The number of nitrogens with one attached hydrogen (secondary N) is 1. The molecule has 1 aromatic heterocycles. The van der Waals surface area contributed by atoms with Gasteiger partial charge in [-0.05, 0) is 66.9 Å². The average molecular weight is 349 g/mol. The molecule has 26 heavy (non-hydrogen) atoms. The lowest BCUT2D eigenvalue weighted by Crippen LogP contribution is -2.42. The third-order valence-corrected chi connectivity index (χ3v) is 4.51. The van der Waals surface area contributed by atoms with Crippen LogP contribution in [0.3, 0.4) is 0 Å². The Bertz CT molecular complexity index is 898. The van der Waals surface area contributed by atoms with Gasteiger partial charge >= 0.3 is 0 Å². The highest BCUT2D eigenvalue weighted by atomic mass is 16.1. The molecule has 1 N–H and O–H groups in total. The molecule has 1 amide bonds. The van der Waals surface area contributed by atoms with Crippen molar-refractivity contribution in [3.8, 4) is 16.8 Å². The van der Waals surface area contributed by atoms with Gasteiger partial charge in [0.2, 0.25) is 0 Å². The highest BCUT2D eigenvalue weighted by Crippen LogP contribution is 2.25. The minimum absolute atomic E-state index is 0.111. The number of aromatic nitrogens is 4. The normalized spacial score (nSPS) is 11.4. The summed E-state index contributed by atoms with van der Waals surface area (Å²) in [7, 11) is 0. The minimum atomic E-state index is -0.272. The first-order valence-electron chi connectivity index (χ1n) is 8.66. The predicted molar refractivity (Wildman–Crippen MR) is 101 cm³/mol. The fourth-order valence-electron chi connectivity index (χ4n) is 2.53. The summed E-state index contributed by atoms with van der Waals surface area (Å²) >= 11 is 0. The van der Waals surface area contributed by atoms with Crippen LogP contribution in [0.1, 0.15) is 43.1 Å². The highest BCUT2D eigenvalue weighted by Gasteiger charge is 2.20. The second kappa shape index (κ2) is 7.07. The molecule has 6 heteroatoms. The topological polar surface area (TPSA) is 72.7 Å². The molecule has 0 saturated heterocycles. The highest BCUT2D eigenvalue weighted by molar-refractivity contribution is 5.96. The molecule has 0 bridgehead atoms. The third kappa shape index (κ3) is 3.96.